The Hall–Kier alpha value is -2.92. The summed E-state index contributed by atoms with van der Waals surface area (Å²) in [7, 11) is -3.69. The minimum Gasteiger partial charge on any atom is -0.486 e. The summed E-state index contributed by atoms with van der Waals surface area (Å²) in [6, 6.07) is 7.88. The van der Waals surface area contributed by atoms with Crippen LogP contribution < -0.4 is 18.9 Å². The summed E-state index contributed by atoms with van der Waals surface area (Å²) in [6.45, 7) is 2.81. The molecule has 0 atom stereocenters. The highest BCUT2D eigenvalue weighted by atomic mass is 32.2. The number of ether oxygens (including phenoxy) is 3. The zero-order valence-corrected chi connectivity index (χ0v) is 15.3. The summed E-state index contributed by atoms with van der Waals surface area (Å²) in [6.07, 6.45) is 0. The van der Waals surface area contributed by atoms with Crippen LogP contribution in [0.15, 0.2) is 35.2 Å². The summed E-state index contributed by atoms with van der Waals surface area (Å²) >= 11 is 0. The van der Waals surface area contributed by atoms with Gasteiger partial charge in [-0.2, -0.15) is 4.52 Å². The van der Waals surface area contributed by atoms with E-state index in [0.29, 0.717) is 42.1 Å². The molecule has 0 fully saturated rings. The van der Waals surface area contributed by atoms with Crippen LogP contribution in [0.4, 0.5) is 0 Å². The minimum absolute atomic E-state index is 0.0810. The van der Waals surface area contributed by atoms with E-state index in [-0.39, 0.29) is 18.0 Å². The van der Waals surface area contributed by atoms with Crippen molar-refractivity contribution in [2.24, 2.45) is 0 Å². The smallest absolute Gasteiger partial charge is 0.240 e. The molecule has 1 N–H and O–H groups in total. The average Bonchev–Trinajstić information content (AvgIpc) is 3.05. The molecule has 3 heterocycles. The van der Waals surface area contributed by atoms with E-state index < -0.39 is 10.0 Å². The fourth-order valence-corrected chi connectivity index (χ4v) is 3.59. The van der Waals surface area contributed by atoms with Gasteiger partial charge in [0.1, 0.15) is 19.8 Å². The Bertz CT molecular complexity index is 1080. The number of hydrogen-bond acceptors (Lipinski definition) is 8. The highest BCUT2D eigenvalue weighted by Gasteiger charge is 2.19. The maximum atomic E-state index is 12.4. The molecular weight excluding hydrogens is 374 g/mol. The van der Waals surface area contributed by atoms with Crippen molar-refractivity contribution >= 4 is 15.7 Å². The van der Waals surface area contributed by atoms with Gasteiger partial charge in [0.2, 0.25) is 15.9 Å². The van der Waals surface area contributed by atoms with E-state index in [1.807, 2.05) is 0 Å². The molecule has 2 aromatic heterocycles. The summed E-state index contributed by atoms with van der Waals surface area (Å²) < 4.78 is 45.2. The Morgan fingerprint density at radius 1 is 1.15 bits per heavy atom. The van der Waals surface area contributed by atoms with E-state index >= 15 is 0 Å². The number of rotatable bonds is 6. The van der Waals surface area contributed by atoms with E-state index in [0.717, 1.165) is 0 Å². The minimum atomic E-state index is -3.69. The highest BCUT2D eigenvalue weighted by Crippen LogP contribution is 2.32. The lowest BCUT2D eigenvalue weighted by atomic mass is 10.3. The molecule has 1 aliphatic heterocycles. The van der Waals surface area contributed by atoms with Crippen LogP contribution in [0.2, 0.25) is 0 Å². The number of fused-ring (bicyclic) bond motifs is 2. The third kappa shape index (κ3) is 3.64. The summed E-state index contributed by atoms with van der Waals surface area (Å²) in [4.78, 5) is 0.103. The first-order valence-corrected chi connectivity index (χ1v) is 9.72. The average molecular weight is 391 g/mol. The van der Waals surface area contributed by atoms with Crippen LogP contribution in [0.5, 0.6) is 17.4 Å². The number of sulfonamides is 1. The van der Waals surface area contributed by atoms with E-state index in [4.69, 9.17) is 14.2 Å². The van der Waals surface area contributed by atoms with Crippen molar-refractivity contribution in [3.8, 4) is 17.4 Å². The van der Waals surface area contributed by atoms with Gasteiger partial charge in [-0.3, -0.25) is 0 Å². The Morgan fingerprint density at radius 3 is 2.81 bits per heavy atom. The summed E-state index contributed by atoms with van der Waals surface area (Å²) in [5.41, 5.74) is 0.610. The van der Waals surface area contributed by atoms with Gasteiger partial charge in [-0.05, 0) is 25.1 Å². The molecule has 0 unspecified atom stereocenters. The first kappa shape index (κ1) is 17.5. The lowest BCUT2D eigenvalue weighted by molar-refractivity contribution is 0.171. The molecule has 0 aliphatic carbocycles. The van der Waals surface area contributed by atoms with Crippen LogP contribution in [0.25, 0.3) is 5.65 Å². The molecule has 0 amide bonds. The Balaban J connectivity index is 1.36. The Morgan fingerprint density at radius 2 is 1.96 bits per heavy atom. The SMILES string of the molecule is Cc1nnc2ccc(OCCNS(=O)(=O)c3ccc4c(c3)OCCO4)nn12. The molecule has 0 bridgehead atoms. The second-order valence-electron chi connectivity index (χ2n) is 5.74. The number of aromatic nitrogens is 4. The molecule has 0 saturated heterocycles. The third-order valence-electron chi connectivity index (χ3n) is 3.86. The van der Waals surface area contributed by atoms with Crippen molar-refractivity contribution in [3.05, 3.63) is 36.2 Å². The topological polar surface area (TPSA) is 117 Å². The molecule has 1 aliphatic rings. The predicted molar refractivity (Wildman–Crippen MR) is 93.6 cm³/mol. The summed E-state index contributed by atoms with van der Waals surface area (Å²) in [5.74, 6) is 1.94. The zero-order chi connectivity index (χ0) is 18.9. The Labute approximate surface area is 155 Å². The number of nitrogens with zero attached hydrogens (tertiary/aromatic N) is 4. The molecule has 3 aromatic rings. The molecule has 27 heavy (non-hydrogen) atoms. The van der Waals surface area contributed by atoms with Gasteiger partial charge in [0, 0.05) is 18.7 Å². The summed E-state index contributed by atoms with van der Waals surface area (Å²) in [5, 5.41) is 12.1. The van der Waals surface area contributed by atoms with E-state index in [1.54, 1.807) is 29.6 Å². The zero-order valence-electron chi connectivity index (χ0n) is 14.5. The van der Waals surface area contributed by atoms with Crippen LogP contribution in [0.1, 0.15) is 5.82 Å². The maximum Gasteiger partial charge on any atom is 0.240 e. The van der Waals surface area contributed by atoms with Crippen LogP contribution in [-0.4, -0.2) is 54.6 Å². The largest absolute Gasteiger partial charge is 0.486 e. The monoisotopic (exact) mass is 391 g/mol. The van der Waals surface area contributed by atoms with Crippen LogP contribution in [0, 0.1) is 6.92 Å². The van der Waals surface area contributed by atoms with E-state index in [2.05, 4.69) is 20.0 Å². The van der Waals surface area contributed by atoms with Crippen molar-refractivity contribution < 1.29 is 22.6 Å². The molecule has 0 spiro atoms. The molecule has 11 heteroatoms. The van der Waals surface area contributed by atoms with Gasteiger partial charge in [0.25, 0.3) is 0 Å². The quantitative estimate of drug-likeness (QED) is 0.606. The molecule has 1 aromatic carbocycles. The molecule has 142 valence electrons. The third-order valence-corrected chi connectivity index (χ3v) is 5.32. The highest BCUT2D eigenvalue weighted by molar-refractivity contribution is 7.89. The van der Waals surface area contributed by atoms with Gasteiger partial charge < -0.3 is 14.2 Å². The molecular formula is C16H17N5O5S. The number of aryl methyl sites for hydroxylation is 1. The number of nitrogens with one attached hydrogen (secondary N) is 1. The second-order valence-corrected chi connectivity index (χ2v) is 7.51. The second kappa shape index (κ2) is 7.00. The van der Waals surface area contributed by atoms with Crippen LogP contribution in [0.3, 0.4) is 0 Å². The normalized spacial score (nSPS) is 13.7. The van der Waals surface area contributed by atoms with Crippen molar-refractivity contribution in [1.29, 1.82) is 0 Å². The fourth-order valence-electron chi connectivity index (χ4n) is 2.56. The standard InChI is InChI=1S/C16H17N5O5S/c1-11-18-19-15-4-5-16(20-21(11)15)26-7-6-17-27(22,23)12-2-3-13-14(10-12)25-9-8-24-13/h2-5,10,17H,6-9H2,1H3. The molecule has 10 nitrogen and oxygen atoms in total. The van der Waals surface area contributed by atoms with Crippen molar-refractivity contribution in [2.45, 2.75) is 11.8 Å². The Kier molecular flexibility index (Phi) is 4.54. The first-order chi connectivity index (χ1) is 13.0. The van der Waals surface area contributed by atoms with Gasteiger partial charge >= 0.3 is 0 Å². The predicted octanol–water partition coefficient (Wildman–Crippen LogP) is 0.561. The van der Waals surface area contributed by atoms with Gasteiger partial charge in [-0.1, -0.05) is 0 Å². The first-order valence-electron chi connectivity index (χ1n) is 8.24. The van der Waals surface area contributed by atoms with Gasteiger partial charge in [0.05, 0.1) is 4.90 Å². The molecule has 4 rings (SSSR count). The number of hydrogen-bond donors (Lipinski definition) is 1. The van der Waals surface area contributed by atoms with Crippen LogP contribution >= 0.6 is 0 Å². The van der Waals surface area contributed by atoms with Gasteiger partial charge in [0.15, 0.2) is 23.0 Å². The lowest BCUT2D eigenvalue weighted by Gasteiger charge is -2.18. The van der Waals surface area contributed by atoms with E-state index in [9.17, 15) is 8.42 Å². The van der Waals surface area contributed by atoms with Gasteiger partial charge in [-0.15, -0.1) is 15.3 Å². The molecule has 0 saturated carbocycles. The van der Waals surface area contributed by atoms with Crippen LogP contribution in [-0.2, 0) is 10.0 Å². The lowest BCUT2D eigenvalue weighted by Crippen LogP contribution is -2.28. The van der Waals surface area contributed by atoms with Crippen molar-refractivity contribution in [2.75, 3.05) is 26.4 Å². The number of benzene rings is 1. The van der Waals surface area contributed by atoms with E-state index in [1.165, 1.54) is 12.1 Å². The maximum absolute atomic E-state index is 12.4. The van der Waals surface area contributed by atoms with Crippen molar-refractivity contribution in [1.82, 2.24) is 24.5 Å². The van der Waals surface area contributed by atoms with Crippen molar-refractivity contribution in [3.63, 3.8) is 0 Å². The molecule has 0 radical (unpaired) electrons. The van der Waals surface area contributed by atoms with Gasteiger partial charge in [-0.25, -0.2) is 13.1 Å². The fraction of sp³-hybridized carbons (Fsp3) is 0.312.